The molecule has 0 aliphatic carbocycles. The van der Waals surface area contributed by atoms with Crippen LogP contribution >= 0.6 is 0 Å². The van der Waals surface area contributed by atoms with Crippen LogP contribution in [-0.4, -0.2) is 35.2 Å². The quantitative estimate of drug-likeness (QED) is 0.324. The Hall–Kier alpha value is -3.33. The van der Waals surface area contributed by atoms with E-state index in [1.807, 2.05) is 42.5 Å². The number of carbonyl (C=O) groups is 1. The summed E-state index contributed by atoms with van der Waals surface area (Å²) in [4.78, 5) is 18.0. The van der Waals surface area contributed by atoms with Gasteiger partial charge in [-0.3, -0.25) is 14.6 Å². The minimum Gasteiger partial charge on any atom is -0.299 e. The summed E-state index contributed by atoms with van der Waals surface area (Å²) in [7, 11) is 0. The van der Waals surface area contributed by atoms with E-state index in [0.29, 0.717) is 12.3 Å². The van der Waals surface area contributed by atoms with E-state index in [1.54, 1.807) is 0 Å². The van der Waals surface area contributed by atoms with Crippen molar-refractivity contribution >= 4 is 5.78 Å². The van der Waals surface area contributed by atoms with Crippen LogP contribution in [0.5, 0.6) is 0 Å². The van der Waals surface area contributed by atoms with Crippen molar-refractivity contribution in [1.29, 1.82) is 5.26 Å². The first-order valence-corrected chi connectivity index (χ1v) is 13.9. The minimum atomic E-state index is -0.204. The Morgan fingerprint density at radius 2 is 1.71 bits per heavy atom. The molecule has 2 aliphatic heterocycles. The van der Waals surface area contributed by atoms with E-state index >= 15 is 0 Å². The van der Waals surface area contributed by atoms with Gasteiger partial charge in [-0.15, -0.1) is 0 Å². The number of likely N-dealkylation sites (tertiary alicyclic amines) is 1. The van der Waals surface area contributed by atoms with Crippen molar-refractivity contribution in [3.05, 3.63) is 106 Å². The molecule has 4 nitrogen and oxygen atoms in total. The van der Waals surface area contributed by atoms with Crippen LogP contribution in [0.15, 0.2) is 66.7 Å². The maximum atomic E-state index is 13.3. The number of benzene rings is 3. The van der Waals surface area contributed by atoms with E-state index < -0.39 is 0 Å². The van der Waals surface area contributed by atoms with E-state index in [4.69, 9.17) is 0 Å². The van der Waals surface area contributed by atoms with Gasteiger partial charge in [0.15, 0.2) is 5.78 Å². The second-order valence-electron chi connectivity index (χ2n) is 10.9. The number of aryl methyl sites for hydroxylation is 1. The fourth-order valence-electron chi connectivity index (χ4n) is 5.91. The number of nitriles is 1. The van der Waals surface area contributed by atoms with Crippen molar-refractivity contribution < 1.29 is 9.18 Å². The Kier molecular flexibility index (Phi) is 8.63. The molecule has 3 aromatic rings. The summed E-state index contributed by atoms with van der Waals surface area (Å²) in [6, 6.07) is 23.2. The molecule has 0 saturated carbocycles. The zero-order valence-electron chi connectivity index (χ0n) is 22.0. The Bertz CT molecular complexity index is 1290. The third-order valence-electron chi connectivity index (χ3n) is 8.18. The summed E-state index contributed by atoms with van der Waals surface area (Å²) >= 11 is 0. The number of piperidine rings is 1. The van der Waals surface area contributed by atoms with Crippen LogP contribution in [0, 0.1) is 23.1 Å². The Morgan fingerprint density at radius 3 is 2.50 bits per heavy atom. The number of hydrogen-bond acceptors (Lipinski definition) is 4. The monoisotopic (exact) mass is 509 g/mol. The zero-order chi connectivity index (χ0) is 26.3. The molecule has 38 heavy (non-hydrogen) atoms. The molecule has 0 aromatic heterocycles. The van der Waals surface area contributed by atoms with Gasteiger partial charge in [0.1, 0.15) is 5.82 Å². The largest absolute Gasteiger partial charge is 0.299 e. The molecule has 3 aromatic carbocycles. The number of ketones is 1. The van der Waals surface area contributed by atoms with Crippen molar-refractivity contribution in [1.82, 2.24) is 9.80 Å². The van der Waals surface area contributed by atoms with Gasteiger partial charge < -0.3 is 0 Å². The van der Waals surface area contributed by atoms with Crippen LogP contribution in [0.4, 0.5) is 4.39 Å². The lowest BCUT2D eigenvalue weighted by atomic mass is 9.89. The number of halogens is 1. The zero-order valence-corrected chi connectivity index (χ0v) is 22.0. The molecule has 0 spiro atoms. The molecule has 1 fully saturated rings. The molecule has 0 radical (unpaired) electrons. The second kappa shape index (κ2) is 12.5. The third-order valence-corrected chi connectivity index (χ3v) is 8.18. The predicted octanol–water partition coefficient (Wildman–Crippen LogP) is 6.52. The van der Waals surface area contributed by atoms with Crippen LogP contribution in [0.1, 0.15) is 70.3 Å². The molecule has 0 amide bonds. The highest BCUT2D eigenvalue weighted by Crippen LogP contribution is 2.26. The molecule has 2 heterocycles. The molecule has 5 heteroatoms. The summed E-state index contributed by atoms with van der Waals surface area (Å²) in [5.41, 5.74) is 6.40. The SMILES string of the molecule is N#Cc1ccccc1CN1CCC(CCC(=O)c2ccc3c(c2)CN(Cc2ccc(F)cc2)CCC3)CC1. The lowest BCUT2D eigenvalue weighted by molar-refractivity contribution is 0.0961. The van der Waals surface area contributed by atoms with Crippen LogP contribution in [-0.2, 0) is 26.1 Å². The van der Waals surface area contributed by atoms with Crippen molar-refractivity contribution in [2.24, 2.45) is 5.92 Å². The molecule has 0 unspecified atom stereocenters. The molecule has 2 aliphatic rings. The highest BCUT2D eigenvalue weighted by atomic mass is 19.1. The number of carbonyl (C=O) groups excluding carboxylic acids is 1. The number of Topliss-reactive ketones (excluding diaryl/α,β-unsaturated/α-hetero) is 1. The topological polar surface area (TPSA) is 47.3 Å². The maximum absolute atomic E-state index is 13.3. The van der Waals surface area contributed by atoms with Crippen molar-refractivity contribution in [2.75, 3.05) is 19.6 Å². The smallest absolute Gasteiger partial charge is 0.162 e. The summed E-state index contributed by atoms with van der Waals surface area (Å²) in [6.45, 7) is 5.46. The van der Waals surface area contributed by atoms with E-state index in [0.717, 1.165) is 93.6 Å². The highest BCUT2D eigenvalue weighted by Gasteiger charge is 2.22. The van der Waals surface area contributed by atoms with Crippen molar-refractivity contribution in [3.63, 3.8) is 0 Å². The van der Waals surface area contributed by atoms with Gasteiger partial charge in [0.05, 0.1) is 11.6 Å². The second-order valence-corrected chi connectivity index (χ2v) is 10.9. The number of hydrogen-bond donors (Lipinski definition) is 0. The minimum absolute atomic E-state index is 0.204. The average Bonchev–Trinajstić information content (AvgIpc) is 3.15. The lowest BCUT2D eigenvalue weighted by Crippen LogP contribution is -2.33. The fraction of sp³-hybridized carbons (Fsp3) is 0.394. The van der Waals surface area contributed by atoms with Gasteiger partial charge in [0.25, 0.3) is 0 Å². The first kappa shape index (κ1) is 26.3. The van der Waals surface area contributed by atoms with Gasteiger partial charge in [0, 0.05) is 31.6 Å². The van der Waals surface area contributed by atoms with Gasteiger partial charge in [-0.25, -0.2) is 4.39 Å². The number of fused-ring (bicyclic) bond motifs is 1. The van der Waals surface area contributed by atoms with Crippen molar-refractivity contribution in [3.8, 4) is 6.07 Å². The van der Waals surface area contributed by atoms with Crippen LogP contribution in [0.25, 0.3) is 0 Å². The maximum Gasteiger partial charge on any atom is 0.162 e. The lowest BCUT2D eigenvalue weighted by Gasteiger charge is -2.32. The molecular weight excluding hydrogens is 473 g/mol. The molecule has 1 saturated heterocycles. The number of nitrogens with zero attached hydrogens (tertiary/aromatic N) is 3. The average molecular weight is 510 g/mol. The predicted molar refractivity (Wildman–Crippen MR) is 148 cm³/mol. The van der Waals surface area contributed by atoms with E-state index in [9.17, 15) is 14.4 Å². The molecule has 0 N–H and O–H groups in total. The van der Waals surface area contributed by atoms with Crippen molar-refractivity contribution in [2.45, 2.75) is 58.2 Å². The first-order chi connectivity index (χ1) is 18.6. The third kappa shape index (κ3) is 6.75. The van der Waals surface area contributed by atoms with Crippen LogP contribution in [0.3, 0.4) is 0 Å². The molecule has 0 bridgehead atoms. The standard InChI is InChI=1S/C33H36FN3O/c34-32-12-7-26(8-13-32)22-37-17-3-6-27-10-11-28(20-31(27)24-37)33(38)14-9-25-15-18-36(19-16-25)23-30-5-2-1-4-29(30)21-35/h1-2,4-5,7-8,10-13,20,25H,3,6,9,14-19,22-24H2. The van der Waals surface area contributed by atoms with Gasteiger partial charge >= 0.3 is 0 Å². The van der Waals surface area contributed by atoms with E-state index in [2.05, 4.69) is 28.0 Å². The molecule has 0 atom stereocenters. The Balaban J connectivity index is 1.12. The highest BCUT2D eigenvalue weighted by molar-refractivity contribution is 5.96. The summed E-state index contributed by atoms with van der Waals surface area (Å²) in [5, 5.41) is 9.35. The Morgan fingerprint density at radius 1 is 0.921 bits per heavy atom. The molecule has 5 rings (SSSR count). The van der Waals surface area contributed by atoms with Gasteiger partial charge in [-0.05, 0) is 104 Å². The number of rotatable bonds is 8. The fourth-order valence-corrected chi connectivity index (χ4v) is 5.91. The first-order valence-electron chi connectivity index (χ1n) is 13.9. The van der Waals surface area contributed by atoms with Crippen LogP contribution in [0.2, 0.25) is 0 Å². The summed E-state index contributed by atoms with van der Waals surface area (Å²) in [6.07, 6.45) is 5.85. The van der Waals surface area contributed by atoms with Gasteiger partial charge in [-0.1, -0.05) is 42.5 Å². The summed E-state index contributed by atoms with van der Waals surface area (Å²) < 4.78 is 13.3. The van der Waals surface area contributed by atoms with E-state index in [-0.39, 0.29) is 11.6 Å². The normalized spacial score (nSPS) is 16.9. The van der Waals surface area contributed by atoms with Gasteiger partial charge in [-0.2, -0.15) is 5.26 Å². The van der Waals surface area contributed by atoms with E-state index in [1.165, 1.54) is 23.3 Å². The summed E-state index contributed by atoms with van der Waals surface area (Å²) in [5.74, 6) is 0.617. The van der Waals surface area contributed by atoms with Gasteiger partial charge in [0.2, 0.25) is 0 Å². The van der Waals surface area contributed by atoms with Crippen LogP contribution < -0.4 is 0 Å². The molecular formula is C33H36FN3O. The Labute approximate surface area is 225 Å². The molecule has 196 valence electrons.